The second-order valence-electron chi connectivity index (χ2n) is 5.47. The third-order valence-corrected chi connectivity index (χ3v) is 5.53. The molecule has 0 saturated carbocycles. The average molecular weight is 355 g/mol. The van der Waals surface area contributed by atoms with Crippen molar-refractivity contribution in [1.29, 1.82) is 0 Å². The van der Waals surface area contributed by atoms with Crippen molar-refractivity contribution in [3.63, 3.8) is 0 Å². The summed E-state index contributed by atoms with van der Waals surface area (Å²) in [6.45, 7) is 2.30. The molecule has 0 N–H and O–H groups in total. The molecule has 122 valence electrons. The van der Waals surface area contributed by atoms with E-state index in [1.807, 2.05) is 61.7 Å². The van der Waals surface area contributed by atoms with Gasteiger partial charge in [-0.15, -0.1) is 11.8 Å². The van der Waals surface area contributed by atoms with Crippen LogP contribution >= 0.6 is 23.5 Å². The van der Waals surface area contributed by atoms with E-state index < -0.39 is 0 Å². The lowest BCUT2D eigenvalue weighted by atomic mass is 10.1. The summed E-state index contributed by atoms with van der Waals surface area (Å²) in [7, 11) is 0. The largest absolute Gasteiger partial charge is 0.293 e. The summed E-state index contributed by atoms with van der Waals surface area (Å²) in [4.78, 5) is 27.8. The summed E-state index contributed by atoms with van der Waals surface area (Å²) in [6.07, 6.45) is 3.80. The molecule has 5 heteroatoms. The fourth-order valence-corrected chi connectivity index (χ4v) is 3.69. The molecule has 2 aromatic rings. The van der Waals surface area contributed by atoms with Crippen LogP contribution in [-0.2, 0) is 11.3 Å². The van der Waals surface area contributed by atoms with Gasteiger partial charge in [0.1, 0.15) is 0 Å². The predicted molar refractivity (Wildman–Crippen MR) is 101 cm³/mol. The van der Waals surface area contributed by atoms with Gasteiger partial charge in [0.25, 0.3) is 11.1 Å². The zero-order valence-corrected chi connectivity index (χ0v) is 15.1. The van der Waals surface area contributed by atoms with Gasteiger partial charge in [0.05, 0.1) is 11.4 Å². The first-order chi connectivity index (χ1) is 11.6. The Labute approximate surface area is 150 Å². The number of hydrogen-bond acceptors (Lipinski definition) is 4. The Morgan fingerprint density at radius 3 is 2.46 bits per heavy atom. The number of amides is 2. The molecule has 24 heavy (non-hydrogen) atoms. The van der Waals surface area contributed by atoms with Crippen molar-refractivity contribution in [2.24, 2.45) is 0 Å². The first kappa shape index (κ1) is 16.9. The van der Waals surface area contributed by atoms with Crippen molar-refractivity contribution in [3.05, 3.63) is 70.1 Å². The molecule has 3 nitrogen and oxygen atoms in total. The van der Waals surface area contributed by atoms with Gasteiger partial charge in [-0.2, -0.15) is 0 Å². The summed E-state index contributed by atoms with van der Waals surface area (Å²) < 4.78 is 0. The monoisotopic (exact) mass is 355 g/mol. The smallest absolute Gasteiger partial charge is 0.268 e. The lowest BCUT2D eigenvalue weighted by Gasteiger charge is -2.14. The summed E-state index contributed by atoms with van der Waals surface area (Å²) in [6, 6.07) is 15.7. The van der Waals surface area contributed by atoms with Gasteiger partial charge < -0.3 is 0 Å². The van der Waals surface area contributed by atoms with E-state index in [0.29, 0.717) is 11.4 Å². The molecule has 0 aliphatic carbocycles. The first-order valence-electron chi connectivity index (χ1n) is 7.52. The van der Waals surface area contributed by atoms with Crippen molar-refractivity contribution in [2.45, 2.75) is 18.4 Å². The SMILES string of the molecule is CSc1ccc(/C=C2\SC(=O)N(Cc3ccccc3C)C2=O)cc1. The van der Waals surface area contributed by atoms with Crippen LogP contribution in [0.4, 0.5) is 4.79 Å². The van der Waals surface area contributed by atoms with Crippen LogP contribution in [0.25, 0.3) is 6.08 Å². The van der Waals surface area contributed by atoms with Crippen molar-refractivity contribution in [1.82, 2.24) is 4.90 Å². The van der Waals surface area contributed by atoms with E-state index in [-0.39, 0.29) is 11.1 Å². The number of benzene rings is 2. The molecule has 1 aliphatic heterocycles. The van der Waals surface area contributed by atoms with E-state index in [1.165, 1.54) is 9.80 Å². The highest BCUT2D eigenvalue weighted by Gasteiger charge is 2.35. The predicted octanol–water partition coefficient (Wildman–Crippen LogP) is 4.95. The van der Waals surface area contributed by atoms with Crippen LogP contribution in [0.5, 0.6) is 0 Å². The average Bonchev–Trinajstić information content (AvgIpc) is 2.85. The van der Waals surface area contributed by atoms with E-state index in [9.17, 15) is 9.59 Å². The van der Waals surface area contributed by atoms with Crippen molar-refractivity contribution in [2.75, 3.05) is 6.26 Å². The Bertz CT molecular complexity index is 812. The number of imide groups is 1. The van der Waals surface area contributed by atoms with Gasteiger partial charge in [-0.05, 0) is 59.8 Å². The third kappa shape index (κ3) is 3.57. The quantitative estimate of drug-likeness (QED) is 0.574. The minimum atomic E-state index is -0.220. The number of nitrogens with zero attached hydrogens (tertiary/aromatic N) is 1. The second kappa shape index (κ2) is 7.28. The minimum absolute atomic E-state index is 0.213. The summed E-state index contributed by atoms with van der Waals surface area (Å²) in [5.74, 6) is -0.220. The highest BCUT2D eigenvalue weighted by molar-refractivity contribution is 8.18. The molecule has 0 aromatic heterocycles. The zero-order valence-electron chi connectivity index (χ0n) is 13.5. The van der Waals surface area contributed by atoms with E-state index in [4.69, 9.17) is 0 Å². The Hall–Kier alpha value is -1.98. The third-order valence-electron chi connectivity index (χ3n) is 3.88. The van der Waals surface area contributed by atoms with Crippen molar-refractivity contribution < 1.29 is 9.59 Å². The van der Waals surface area contributed by atoms with Crippen LogP contribution in [0.15, 0.2) is 58.3 Å². The highest BCUT2D eigenvalue weighted by Crippen LogP contribution is 2.33. The topological polar surface area (TPSA) is 37.4 Å². The number of carbonyl (C=O) groups excluding carboxylic acids is 2. The maximum atomic E-state index is 12.6. The summed E-state index contributed by atoms with van der Waals surface area (Å²) >= 11 is 2.67. The molecule has 0 bridgehead atoms. The Balaban J connectivity index is 1.80. The van der Waals surface area contributed by atoms with E-state index in [2.05, 4.69) is 0 Å². The molecule has 1 aliphatic rings. The maximum absolute atomic E-state index is 12.6. The maximum Gasteiger partial charge on any atom is 0.293 e. The van der Waals surface area contributed by atoms with E-state index in [1.54, 1.807) is 17.8 Å². The van der Waals surface area contributed by atoms with Crippen LogP contribution < -0.4 is 0 Å². The molecule has 3 rings (SSSR count). The summed E-state index contributed by atoms with van der Waals surface area (Å²) in [5, 5.41) is -0.213. The fraction of sp³-hybridized carbons (Fsp3) is 0.158. The van der Waals surface area contributed by atoms with Gasteiger partial charge in [-0.3, -0.25) is 14.5 Å². The highest BCUT2D eigenvalue weighted by atomic mass is 32.2. The summed E-state index contributed by atoms with van der Waals surface area (Å²) in [5.41, 5.74) is 2.99. The zero-order chi connectivity index (χ0) is 17.1. The molecular formula is C19H17NO2S2. The normalized spacial score (nSPS) is 16.2. The second-order valence-corrected chi connectivity index (χ2v) is 7.34. The van der Waals surface area contributed by atoms with Crippen LogP contribution in [0.3, 0.4) is 0 Å². The Morgan fingerprint density at radius 1 is 1.08 bits per heavy atom. The number of rotatable bonds is 4. The van der Waals surface area contributed by atoms with Gasteiger partial charge in [0, 0.05) is 4.90 Å². The van der Waals surface area contributed by atoms with Gasteiger partial charge in [0.2, 0.25) is 0 Å². The number of carbonyl (C=O) groups is 2. The fourth-order valence-electron chi connectivity index (χ4n) is 2.45. The van der Waals surface area contributed by atoms with Crippen LogP contribution in [0.2, 0.25) is 0 Å². The number of thioether (sulfide) groups is 2. The standard InChI is InChI=1S/C19H17NO2S2/c1-13-5-3-4-6-15(13)12-20-18(21)17(24-19(20)22)11-14-7-9-16(23-2)10-8-14/h3-11H,12H2,1-2H3/b17-11-. The van der Waals surface area contributed by atoms with Gasteiger partial charge >= 0.3 is 0 Å². The molecule has 1 fully saturated rings. The first-order valence-corrected chi connectivity index (χ1v) is 9.56. The molecule has 1 heterocycles. The minimum Gasteiger partial charge on any atom is -0.268 e. The van der Waals surface area contributed by atoms with Gasteiger partial charge in [0.15, 0.2) is 0 Å². The number of aryl methyl sites for hydroxylation is 1. The van der Waals surface area contributed by atoms with Crippen molar-refractivity contribution in [3.8, 4) is 0 Å². The number of hydrogen-bond donors (Lipinski definition) is 0. The lowest BCUT2D eigenvalue weighted by molar-refractivity contribution is -0.123. The molecule has 2 aromatic carbocycles. The molecule has 0 atom stereocenters. The van der Waals surface area contributed by atoms with Crippen LogP contribution in [0.1, 0.15) is 16.7 Å². The molecular weight excluding hydrogens is 338 g/mol. The molecule has 2 amide bonds. The van der Waals surface area contributed by atoms with Crippen LogP contribution in [0, 0.1) is 6.92 Å². The van der Waals surface area contributed by atoms with E-state index >= 15 is 0 Å². The Morgan fingerprint density at radius 2 is 1.79 bits per heavy atom. The molecule has 0 spiro atoms. The van der Waals surface area contributed by atoms with E-state index in [0.717, 1.165) is 28.5 Å². The molecule has 0 radical (unpaired) electrons. The van der Waals surface area contributed by atoms with Crippen LogP contribution in [-0.4, -0.2) is 22.3 Å². The molecule has 1 saturated heterocycles. The Kier molecular flexibility index (Phi) is 5.11. The van der Waals surface area contributed by atoms with Gasteiger partial charge in [-0.1, -0.05) is 36.4 Å². The molecule has 0 unspecified atom stereocenters. The lowest BCUT2D eigenvalue weighted by Crippen LogP contribution is -2.27. The van der Waals surface area contributed by atoms with Crippen molar-refractivity contribution >= 4 is 40.7 Å². The van der Waals surface area contributed by atoms with Gasteiger partial charge in [-0.25, -0.2) is 0 Å².